The third-order valence-corrected chi connectivity index (χ3v) is 6.24. The zero-order valence-electron chi connectivity index (χ0n) is 20.9. The van der Waals surface area contributed by atoms with Gasteiger partial charge in [0, 0.05) is 6.08 Å². The summed E-state index contributed by atoms with van der Waals surface area (Å²) in [6.07, 6.45) is 2.65. The Morgan fingerprint density at radius 3 is 2.19 bits per heavy atom. The van der Waals surface area contributed by atoms with Crippen molar-refractivity contribution in [2.75, 3.05) is 0 Å². The third kappa shape index (κ3) is 7.19. The maximum atomic E-state index is 13.1. The average Bonchev–Trinajstić information content (AvgIpc) is 3.12. The second-order valence-corrected chi connectivity index (χ2v) is 9.37. The Hall–Kier alpha value is -4.14. The Morgan fingerprint density at radius 1 is 0.973 bits per heavy atom. The van der Waals surface area contributed by atoms with Gasteiger partial charge in [-0.1, -0.05) is 63.2 Å². The van der Waals surface area contributed by atoms with Crippen LogP contribution in [0.3, 0.4) is 0 Å². The molecule has 0 spiro atoms. The molecule has 4 amide bonds. The number of Topliss-reactive ketones (excluding diaryl/α,β-unsaturated/α-hetero) is 1. The van der Waals surface area contributed by atoms with Crippen molar-refractivity contribution in [3.05, 3.63) is 77.6 Å². The van der Waals surface area contributed by atoms with E-state index in [0.717, 1.165) is 0 Å². The summed E-state index contributed by atoms with van der Waals surface area (Å²) < 4.78 is 13.1. The molecule has 4 atom stereocenters. The molecule has 2 aromatic rings. The van der Waals surface area contributed by atoms with Gasteiger partial charge in [-0.15, -0.1) is 0 Å². The maximum absolute atomic E-state index is 13.1. The molecule has 0 saturated carbocycles. The van der Waals surface area contributed by atoms with Crippen LogP contribution in [0.2, 0.25) is 0 Å². The van der Waals surface area contributed by atoms with Crippen molar-refractivity contribution in [3.8, 4) is 0 Å². The summed E-state index contributed by atoms with van der Waals surface area (Å²) >= 11 is 0. The summed E-state index contributed by atoms with van der Waals surface area (Å²) in [5, 5.41) is 7.66. The minimum atomic E-state index is -1.17. The highest BCUT2D eigenvalue weighted by molar-refractivity contribution is 6.16. The molecule has 1 aliphatic heterocycles. The number of rotatable bonds is 10. The number of amides is 4. The second-order valence-electron chi connectivity index (χ2n) is 9.37. The molecular formula is C28H30FN3O5. The summed E-state index contributed by atoms with van der Waals surface area (Å²) in [5.74, 6) is -5.37. The molecule has 1 saturated heterocycles. The quantitative estimate of drug-likeness (QED) is 0.259. The van der Waals surface area contributed by atoms with E-state index in [1.54, 1.807) is 44.2 Å². The Bertz CT molecular complexity index is 1190. The first kappa shape index (κ1) is 27.4. The molecule has 1 aliphatic rings. The number of hydrogen-bond acceptors (Lipinski definition) is 5. The fraction of sp³-hybridized carbons (Fsp3) is 0.321. The van der Waals surface area contributed by atoms with Crippen molar-refractivity contribution in [1.29, 1.82) is 0 Å². The molecule has 0 aromatic heterocycles. The van der Waals surface area contributed by atoms with E-state index in [-0.39, 0.29) is 18.2 Å². The Balaban J connectivity index is 1.72. The SMILES string of the molecule is CC(C)[C@@H](NC(=O)C[C@@H](NC(=O)/C=C/c1ccc(F)cc1)c1ccccc1)C(=O)[C@@H]1C(=O)NC(=O)[C@H]1C. The van der Waals surface area contributed by atoms with Crippen molar-refractivity contribution in [1.82, 2.24) is 16.0 Å². The van der Waals surface area contributed by atoms with Gasteiger partial charge in [-0.2, -0.15) is 0 Å². The van der Waals surface area contributed by atoms with Crippen molar-refractivity contribution < 1.29 is 28.4 Å². The van der Waals surface area contributed by atoms with Crippen molar-refractivity contribution >= 4 is 35.5 Å². The first-order valence-electron chi connectivity index (χ1n) is 12.0. The molecule has 1 fully saturated rings. The van der Waals surface area contributed by atoms with Crippen LogP contribution in [-0.4, -0.2) is 35.5 Å². The fourth-order valence-electron chi connectivity index (χ4n) is 4.15. The van der Waals surface area contributed by atoms with Gasteiger partial charge in [-0.3, -0.25) is 29.3 Å². The van der Waals surface area contributed by atoms with Gasteiger partial charge in [0.1, 0.15) is 11.7 Å². The fourth-order valence-corrected chi connectivity index (χ4v) is 4.15. The lowest BCUT2D eigenvalue weighted by atomic mass is 9.85. The van der Waals surface area contributed by atoms with Gasteiger partial charge in [0.15, 0.2) is 5.78 Å². The van der Waals surface area contributed by atoms with Crippen molar-refractivity contribution in [2.24, 2.45) is 17.8 Å². The normalized spacial score (nSPS) is 18.9. The van der Waals surface area contributed by atoms with E-state index in [0.29, 0.717) is 11.1 Å². The van der Waals surface area contributed by atoms with Crippen LogP contribution in [0, 0.1) is 23.6 Å². The van der Waals surface area contributed by atoms with Gasteiger partial charge in [0.25, 0.3) is 0 Å². The number of imide groups is 1. The Labute approximate surface area is 214 Å². The van der Waals surface area contributed by atoms with Gasteiger partial charge in [0.2, 0.25) is 23.6 Å². The van der Waals surface area contributed by atoms with E-state index in [9.17, 15) is 28.4 Å². The van der Waals surface area contributed by atoms with Crippen LogP contribution in [0.5, 0.6) is 0 Å². The van der Waals surface area contributed by atoms with E-state index in [2.05, 4.69) is 16.0 Å². The van der Waals surface area contributed by atoms with E-state index in [1.807, 2.05) is 0 Å². The highest BCUT2D eigenvalue weighted by atomic mass is 19.1. The number of carbonyl (C=O) groups is 5. The minimum Gasteiger partial charge on any atom is -0.346 e. The Morgan fingerprint density at radius 2 is 1.62 bits per heavy atom. The summed E-state index contributed by atoms with van der Waals surface area (Å²) in [6.45, 7) is 4.97. The summed E-state index contributed by atoms with van der Waals surface area (Å²) in [4.78, 5) is 62.8. The lowest BCUT2D eigenvalue weighted by molar-refractivity contribution is -0.137. The lowest BCUT2D eigenvalue weighted by Gasteiger charge is -2.25. The average molecular weight is 508 g/mol. The number of benzene rings is 2. The van der Waals surface area contributed by atoms with Crippen LogP contribution in [0.25, 0.3) is 6.08 Å². The zero-order valence-corrected chi connectivity index (χ0v) is 20.9. The summed E-state index contributed by atoms with van der Waals surface area (Å²) in [5.41, 5.74) is 1.32. The highest BCUT2D eigenvalue weighted by Gasteiger charge is 2.46. The lowest BCUT2D eigenvalue weighted by Crippen LogP contribution is -2.49. The topological polar surface area (TPSA) is 121 Å². The van der Waals surface area contributed by atoms with Crippen LogP contribution in [0.1, 0.15) is 44.4 Å². The van der Waals surface area contributed by atoms with Crippen molar-refractivity contribution in [2.45, 2.75) is 39.3 Å². The summed E-state index contributed by atoms with van der Waals surface area (Å²) in [7, 11) is 0. The van der Waals surface area contributed by atoms with E-state index in [1.165, 1.54) is 43.3 Å². The Kier molecular flexibility index (Phi) is 9.05. The van der Waals surface area contributed by atoms with E-state index < -0.39 is 53.3 Å². The predicted molar refractivity (Wildman–Crippen MR) is 135 cm³/mol. The van der Waals surface area contributed by atoms with Gasteiger partial charge in [-0.25, -0.2) is 4.39 Å². The monoisotopic (exact) mass is 507 g/mol. The van der Waals surface area contributed by atoms with E-state index >= 15 is 0 Å². The maximum Gasteiger partial charge on any atom is 0.244 e. The van der Waals surface area contributed by atoms with Gasteiger partial charge in [0.05, 0.1) is 24.4 Å². The van der Waals surface area contributed by atoms with Gasteiger partial charge >= 0.3 is 0 Å². The molecule has 8 nitrogen and oxygen atoms in total. The van der Waals surface area contributed by atoms with E-state index in [4.69, 9.17) is 0 Å². The molecule has 3 N–H and O–H groups in total. The first-order valence-corrected chi connectivity index (χ1v) is 12.0. The third-order valence-electron chi connectivity index (χ3n) is 6.24. The molecular weight excluding hydrogens is 477 g/mol. The van der Waals surface area contributed by atoms with Gasteiger partial charge in [-0.05, 0) is 35.3 Å². The molecule has 0 radical (unpaired) electrons. The molecule has 0 unspecified atom stereocenters. The molecule has 0 bridgehead atoms. The number of nitrogens with one attached hydrogen (secondary N) is 3. The van der Waals surface area contributed by atoms with Crippen LogP contribution in [-0.2, 0) is 24.0 Å². The molecule has 194 valence electrons. The molecule has 37 heavy (non-hydrogen) atoms. The molecule has 9 heteroatoms. The van der Waals surface area contributed by atoms with Crippen LogP contribution >= 0.6 is 0 Å². The largest absolute Gasteiger partial charge is 0.346 e. The standard InChI is InChI=1S/C28H30FN3O5/c1-16(2)25(26(35)24-17(3)27(36)32-28(24)37)31-23(34)15-21(19-7-5-4-6-8-19)30-22(33)14-11-18-9-12-20(29)13-10-18/h4-14,16-17,21,24-25H,15H2,1-3H3,(H,30,33)(H,31,34)(H,32,36,37)/b14-11+/t17-,21+,24+,25+/m0/s1. The molecule has 0 aliphatic carbocycles. The number of carbonyl (C=O) groups excluding carboxylic acids is 5. The second kappa shape index (κ2) is 12.2. The molecule has 1 heterocycles. The number of hydrogen-bond donors (Lipinski definition) is 3. The minimum absolute atomic E-state index is 0.165. The molecule has 3 rings (SSSR count). The number of halogens is 1. The molecule has 2 aromatic carbocycles. The van der Waals surface area contributed by atoms with Crippen LogP contribution < -0.4 is 16.0 Å². The van der Waals surface area contributed by atoms with Crippen LogP contribution in [0.4, 0.5) is 4.39 Å². The zero-order chi connectivity index (χ0) is 27.1. The van der Waals surface area contributed by atoms with Gasteiger partial charge < -0.3 is 10.6 Å². The number of ketones is 1. The van der Waals surface area contributed by atoms with Crippen LogP contribution in [0.15, 0.2) is 60.7 Å². The summed E-state index contributed by atoms with van der Waals surface area (Å²) in [6, 6.07) is 12.8. The smallest absolute Gasteiger partial charge is 0.244 e. The first-order chi connectivity index (χ1) is 17.6. The predicted octanol–water partition coefficient (Wildman–Crippen LogP) is 2.71. The van der Waals surface area contributed by atoms with Crippen molar-refractivity contribution in [3.63, 3.8) is 0 Å². The highest BCUT2D eigenvalue weighted by Crippen LogP contribution is 2.24.